The molecule has 182 valence electrons. The summed E-state index contributed by atoms with van der Waals surface area (Å²) in [6, 6.07) is 10.4. The first-order valence-electron chi connectivity index (χ1n) is 10.7. The topological polar surface area (TPSA) is 53.7 Å². The average molecular weight is 524 g/mol. The van der Waals surface area contributed by atoms with Crippen LogP contribution in [0.15, 0.2) is 47.8 Å². The van der Waals surface area contributed by atoms with Crippen LogP contribution in [0.1, 0.15) is 11.4 Å². The van der Waals surface area contributed by atoms with Gasteiger partial charge in [0.2, 0.25) is 5.91 Å². The molecule has 1 aliphatic rings. The van der Waals surface area contributed by atoms with Crippen LogP contribution in [-0.4, -0.2) is 51.6 Å². The van der Waals surface area contributed by atoms with Crippen LogP contribution in [0.3, 0.4) is 0 Å². The molecule has 0 aliphatic carbocycles. The van der Waals surface area contributed by atoms with Gasteiger partial charge in [-0.15, -0.1) is 11.3 Å². The number of rotatable bonds is 4. The van der Waals surface area contributed by atoms with Crippen molar-refractivity contribution in [1.82, 2.24) is 19.5 Å². The van der Waals surface area contributed by atoms with Crippen molar-refractivity contribution >= 4 is 40.2 Å². The standard InChI is InChI=1S/C23H18ClF4N5OS/c24-21-17(13-20(34)32-9-7-31(8-10-32)15-5-3-14(25)4-6-15)30-33-19(23(26,27)28)12-16(29-22(21)33)18-2-1-11-35-18/h1-6,11-12H,7-10,13H2. The van der Waals surface area contributed by atoms with Crippen LogP contribution in [0.25, 0.3) is 16.2 Å². The van der Waals surface area contributed by atoms with Gasteiger partial charge in [0.1, 0.15) is 10.8 Å². The van der Waals surface area contributed by atoms with E-state index in [0.717, 1.165) is 11.8 Å². The molecule has 0 unspecified atom stereocenters. The number of thiophene rings is 1. The number of hydrogen-bond acceptors (Lipinski definition) is 5. The van der Waals surface area contributed by atoms with Gasteiger partial charge in [0, 0.05) is 31.9 Å². The van der Waals surface area contributed by atoms with Crippen molar-refractivity contribution in [2.75, 3.05) is 31.1 Å². The molecule has 1 aliphatic heterocycles. The van der Waals surface area contributed by atoms with Crippen LogP contribution in [-0.2, 0) is 17.4 Å². The van der Waals surface area contributed by atoms with Crippen molar-refractivity contribution in [2.24, 2.45) is 0 Å². The van der Waals surface area contributed by atoms with Gasteiger partial charge in [-0.25, -0.2) is 13.9 Å². The summed E-state index contributed by atoms with van der Waals surface area (Å²) in [5.74, 6) is -0.612. The summed E-state index contributed by atoms with van der Waals surface area (Å²) in [6.45, 7) is 1.91. The largest absolute Gasteiger partial charge is 0.433 e. The van der Waals surface area contributed by atoms with Crippen molar-refractivity contribution in [3.8, 4) is 10.6 Å². The summed E-state index contributed by atoms with van der Waals surface area (Å²) in [5.41, 5.74) is -0.127. The summed E-state index contributed by atoms with van der Waals surface area (Å²) in [4.78, 5) is 21.4. The summed E-state index contributed by atoms with van der Waals surface area (Å²) < 4.78 is 55.2. The molecule has 1 fully saturated rings. The Labute approximate surface area is 206 Å². The Morgan fingerprint density at radius 1 is 1.09 bits per heavy atom. The molecule has 35 heavy (non-hydrogen) atoms. The fourth-order valence-corrected chi connectivity index (χ4v) is 4.93. The highest BCUT2D eigenvalue weighted by molar-refractivity contribution is 7.13. The minimum absolute atomic E-state index is 0.0407. The molecule has 12 heteroatoms. The Kier molecular flexibility index (Phi) is 6.14. The number of amides is 1. The second-order valence-corrected chi connectivity index (χ2v) is 9.34. The molecule has 6 nitrogen and oxygen atoms in total. The van der Waals surface area contributed by atoms with Crippen molar-refractivity contribution in [1.29, 1.82) is 0 Å². The Bertz CT molecular complexity index is 1360. The Hall–Kier alpha value is -3.18. The number of aromatic nitrogens is 3. The lowest BCUT2D eigenvalue weighted by molar-refractivity contribution is -0.142. The lowest BCUT2D eigenvalue weighted by Gasteiger charge is -2.36. The summed E-state index contributed by atoms with van der Waals surface area (Å²) in [6.07, 6.45) is -4.94. The van der Waals surface area contributed by atoms with E-state index in [4.69, 9.17) is 11.6 Å². The number of hydrogen-bond donors (Lipinski definition) is 0. The number of benzene rings is 1. The van der Waals surface area contributed by atoms with Crippen molar-refractivity contribution in [3.63, 3.8) is 0 Å². The van der Waals surface area contributed by atoms with Crippen LogP contribution in [0.4, 0.5) is 23.2 Å². The van der Waals surface area contributed by atoms with Gasteiger partial charge in [-0.05, 0) is 41.8 Å². The molecule has 1 amide bonds. The second kappa shape index (κ2) is 9.12. The minimum Gasteiger partial charge on any atom is -0.368 e. The highest BCUT2D eigenvalue weighted by Gasteiger charge is 2.36. The maximum atomic E-state index is 13.8. The number of alkyl halides is 3. The zero-order chi connectivity index (χ0) is 24.7. The maximum Gasteiger partial charge on any atom is 0.433 e. The summed E-state index contributed by atoms with van der Waals surface area (Å²) >= 11 is 7.65. The first-order chi connectivity index (χ1) is 16.7. The van der Waals surface area contributed by atoms with Gasteiger partial charge in [0.05, 0.1) is 22.7 Å². The first kappa shape index (κ1) is 23.6. The van der Waals surface area contributed by atoms with E-state index in [2.05, 4.69) is 10.1 Å². The quantitative estimate of drug-likeness (QED) is 0.347. The predicted molar refractivity (Wildman–Crippen MR) is 125 cm³/mol. The highest BCUT2D eigenvalue weighted by Crippen LogP contribution is 2.35. The molecule has 0 bridgehead atoms. The van der Waals surface area contributed by atoms with E-state index in [1.165, 1.54) is 23.5 Å². The van der Waals surface area contributed by atoms with Gasteiger partial charge in [-0.3, -0.25) is 4.79 Å². The van der Waals surface area contributed by atoms with E-state index >= 15 is 0 Å². The third kappa shape index (κ3) is 4.70. The van der Waals surface area contributed by atoms with E-state index in [9.17, 15) is 22.4 Å². The monoisotopic (exact) mass is 523 g/mol. The van der Waals surface area contributed by atoms with Crippen molar-refractivity contribution < 1.29 is 22.4 Å². The second-order valence-electron chi connectivity index (χ2n) is 8.02. The summed E-state index contributed by atoms with van der Waals surface area (Å²) in [5, 5.41) is 5.68. The number of carbonyl (C=O) groups is 1. The lowest BCUT2D eigenvalue weighted by Crippen LogP contribution is -2.49. The third-order valence-electron chi connectivity index (χ3n) is 5.81. The number of piperazine rings is 1. The van der Waals surface area contributed by atoms with Crippen LogP contribution < -0.4 is 4.90 Å². The molecule has 3 aromatic heterocycles. The number of halogens is 5. The van der Waals surface area contributed by atoms with Crippen LogP contribution in [0, 0.1) is 5.82 Å². The maximum absolute atomic E-state index is 13.8. The average Bonchev–Trinajstić information content (AvgIpc) is 3.47. The molecule has 4 aromatic rings. The first-order valence-corrected chi connectivity index (χ1v) is 11.9. The summed E-state index contributed by atoms with van der Waals surface area (Å²) in [7, 11) is 0. The number of carbonyl (C=O) groups excluding carboxylic acids is 1. The predicted octanol–water partition coefficient (Wildman–Crippen LogP) is 5.16. The Balaban J connectivity index is 1.37. The highest BCUT2D eigenvalue weighted by atomic mass is 35.5. The molecule has 1 saturated heterocycles. The van der Waals surface area contributed by atoms with Gasteiger partial charge in [0.25, 0.3) is 0 Å². The third-order valence-corrected chi connectivity index (χ3v) is 7.09. The molecule has 0 spiro atoms. The minimum atomic E-state index is -4.69. The van der Waals surface area contributed by atoms with E-state index in [1.807, 2.05) is 4.90 Å². The normalized spacial score (nSPS) is 14.7. The lowest BCUT2D eigenvalue weighted by atomic mass is 10.2. The molecule has 1 aromatic carbocycles. The molecule has 5 rings (SSSR count). The molecule has 4 heterocycles. The number of anilines is 1. The fraction of sp³-hybridized carbons (Fsp3) is 0.261. The van der Waals surface area contributed by atoms with Gasteiger partial charge >= 0.3 is 6.18 Å². The molecule has 0 radical (unpaired) electrons. The van der Waals surface area contributed by atoms with E-state index < -0.39 is 11.9 Å². The fourth-order valence-electron chi connectivity index (χ4n) is 4.02. The van der Waals surface area contributed by atoms with Crippen LogP contribution in [0.5, 0.6) is 0 Å². The van der Waals surface area contributed by atoms with Crippen molar-refractivity contribution in [3.05, 3.63) is 70.1 Å². The zero-order valence-electron chi connectivity index (χ0n) is 18.1. The van der Waals surface area contributed by atoms with Gasteiger partial charge in [-0.1, -0.05) is 17.7 Å². The van der Waals surface area contributed by atoms with E-state index in [1.54, 1.807) is 34.5 Å². The zero-order valence-corrected chi connectivity index (χ0v) is 19.7. The molecular formula is C23H18ClF4N5OS. The van der Waals surface area contributed by atoms with Gasteiger partial charge < -0.3 is 9.80 Å². The van der Waals surface area contributed by atoms with Gasteiger partial charge in [-0.2, -0.15) is 18.3 Å². The SMILES string of the molecule is O=C(Cc1nn2c(C(F)(F)F)cc(-c3cccs3)nc2c1Cl)N1CCN(c2ccc(F)cc2)CC1. The van der Waals surface area contributed by atoms with E-state index in [-0.39, 0.29) is 40.2 Å². The van der Waals surface area contributed by atoms with Crippen LogP contribution in [0.2, 0.25) is 5.02 Å². The van der Waals surface area contributed by atoms with Crippen molar-refractivity contribution in [2.45, 2.75) is 12.6 Å². The Morgan fingerprint density at radius 3 is 2.43 bits per heavy atom. The molecule has 0 N–H and O–H groups in total. The van der Waals surface area contributed by atoms with Gasteiger partial charge in [0.15, 0.2) is 11.3 Å². The Morgan fingerprint density at radius 2 is 1.80 bits per heavy atom. The molecule has 0 atom stereocenters. The number of fused-ring (bicyclic) bond motifs is 1. The van der Waals surface area contributed by atoms with E-state index in [0.29, 0.717) is 35.6 Å². The smallest absolute Gasteiger partial charge is 0.368 e. The number of nitrogens with zero attached hydrogens (tertiary/aromatic N) is 5. The van der Waals surface area contributed by atoms with Crippen LogP contribution >= 0.6 is 22.9 Å². The molecular weight excluding hydrogens is 506 g/mol. The molecule has 0 saturated carbocycles.